The smallest absolute Gasteiger partial charge is 0.223 e. The second-order valence-electron chi connectivity index (χ2n) is 2.24. The first-order chi connectivity index (χ1) is 6.24. The lowest BCUT2D eigenvalue weighted by atomic mass is 10.6. The molecule has 0 aliphatic carbocycles. The molecule has 0 saturated carbocycles. The van der Waals surface area contributed by atoms with Crippen LogP contribution in [0.15, 0.2) is 11.2 Å². The summed E-state index contributed by atoms with van der Waals surface area (Å²) < 4.78 is 4.90. The van der Waals surface area contributed by atoms with E-state index in [1.54, 1.807) is 7.11 Å². The Hall–Kier alpha value is -0.520. The third kappa shape index (κ3) is 3.38. The molecule has 0 unspecified atom stereocenters. The van der Waals surface area contributed by atoms with Crippen LogP contribution in [0.3, 0.4) is 0 Å². The molecule has 72 valence electrons. The fraction of sp³-hybridized carbons (Fsp3) is 0.429. The van der Waals surface area contributed by atoms with Crippen LogP contribution in [-0.4, -0.2) is 29.4 Å². The molecule has 2 N–H and O–H groups in total. The molecule has 0 fully saturated rings. The van der Waals surface area contributed by atoms with Gasteiger partial charge in [0.2, 0.25) is 5.28 Å². The van der Waals surface area contributed by atoms with Crippen LogP contribution >= 0.6 is 23.4 Å². The minimum Gasteiger partial charge on any atom is -0.395 e. The standard InChI is InChI=1S/C7H10ClN3OS/c1-12-2-3-13-6-5(9)4-10-7(8)11-6/h4H,2-3,9H2,1H3. The first-order valence-corrected chi connectivity index (χ1v) is 5.00. The Bertz CT molecular complexity index is 284. The quantitative estimate of drug-likeness (QED) is 0.360. The lowest BCUT2D eigenvalue weighted by Crippen LogP contribution is -1.97. The van der Waals surface area contributed by atoms with Crippen molar-refractivity contribution in [1.29, 1.82) is 0 Å². The van der Waals surface area contributed by atoms with Crippen molar-refractivity contribution < 1.29 is 4.74 Å². The average molecular weight is 220 g/mol. The summed E-state index contributed by atoms with van der Waals surface area (Å²) in [5, 5.41) is 0.922. The number of rotatable bonds is 4. The van der Waals surface area contributed by atoms with Crippen molar-refractivity contribution in [1.82, 2.24) is 9.97 Å². The van der Waals surface area contributed by atoms with Crippen molar-refractivity contribution in [3.8, 4) is 0 Å². The van der Waals surface area contributed by atoms with Crippen molar-refractivity contribution in [3.63, 3.8) is 0 Å². The van der Waals surface area contributed by atoms with Gasteiger partial charge in [0.1, 0.15) is 5.03 Å². The zero-order valence-corrected chi connectivity index (χ0v) is 8.73. The maximum Gasteiger partial charge on any atom is 0.223 e. The van der Waals surface area contributed by atoms with E-state index in [1.807, 2.05) is 0 Å². The van der Waals surface area contributed by atoms with Crippen molar-refractivity contribution in [2.75, 3.05) is 25.2 Å². The molecule has 13 heavy (non-hydrogen) atoms. The van der Waals surface area contributed by atoms with Gasteiger partial charge in [-0.1, -0.05) is 0 Å². The van der Waals surface area contributed by atoms with Gasteiger partial charge in [0.25, 0.3) is 0 Å². The van der Waals surface area contributed by atoms with Crippen molar-refractivity contribution in [2.45, 2.75) is 5.03 Å². The topological polar surface area (TPSA) is 61.0 Å². The SMILES string of the molecule is COCCSc1nc(Cl)ncc1N. The highest BCUT2D eigenvalue weighted by molar-refractivity contribution is 7.99. The summed E-state index contributed by atoms with van der Waals surface area (Å²) in [6.07, 6.45) is 1.50. The van der Waals surface area contributed by atoms with E-state index < -0.39 is 0 Å². The summed E-state index contributed by atoms with van der Waals surface area (Å²) in [5.41, 5.74) is 6.17. The monoisotopic (exact) mass is 219 g/mol. The van der Waals surface area contributed by atoms with E-state index in [0.29, 0.717) is 17.3 Å². The Balaban J connectivity index is 2.59. The zero-order chi connectivity index (χ0) is 9.68. The van der Waals surface area contributed by atoms with Gasteiger partial charge in [-0.25, -0.2) is 9.97 Å². The average Bonchev–Trinajstić information content (AvgIpc) is 2.11. The van der Waals surface area contributed by atoms with Crippen LogP contribution in [0.5, 0.6) is 0 Å². The van der Waals surface area contributed by atoms with Gasteiger partial charge in [0.05, 0.1) is 18.5 Å². The molecule has 1 rings (SSSR count). The van der Waals surface area contributed by atoms with Crippen LogP contribution in [-0.2, 0) is 4.74 Å². The molecule has 4 nitrogen and oxygen atoms in total. The van der Waals surface area contributed by atoms with E-state index in [1.165, 1.54) is 18.0 Å². The molecule has 0 aliphatic rings. The highest BCUT2D eigenvalue weighted by Crippen LogP contribution is 2.22. The lowest BCUT2D eigenvalue weighted by molar-refractivity contribution is 0.218. The molecule has 0 aliphatic heterocycles. The summed E-state index contributed by atoms with van der Waals surface area (Å²) in [4.78, 5) is 7.73. The Morgan fingerprint density at radius 2 is 2.46 bits per heavy atom. The molecule has 0 aromatic carbocycles. The van der Waals surface area contributed by atoms with Gasteiger partial charge < -0.3 is 10.5 Å². The Morgan fingerprint density at radius 3 is 3.15 bits per heavy atom. The van der Waals surface area contributed by atoms with E-state index in [2.05, 4.69) is 9.97 Å². The zero-order valence-electron chi connectivity index (χ0n) is 7.16. The molecule has 1 aromatic heterocycles. The number of aromatic nitrogens is 2. The highest BCUT2D eigenvalue weighted by Gasteiger charge is 2.03. The second-order valence-corrected chi connectivity index (χ2v) is 3.66. The van der Waals surface area contributed by atoms with Gasteiger partial charge in [-0.3, -0.25) is 0 Å². The number of hydrogen-bond acceptors (Lipinski definition) is 5. The second kappa shape index (κ2) is 5.26. The fourth-order valence-electron chi connectivity index (χ4n) is 0.693. The van der Waals surface area contributed by atoms with Crippen LogP contribution in [0.25, 0.3) is 0 Å². The highest BCUT2D eigenvalue weighted by atomic mass is 35.5. The van der Waals surface area contributed by atoms with Crippen molar-refractivity contribution in [2.24, 2.45) is 0 Å². The Morgan fingerprint density at radius 1 is 1.69 bits per heavy atom. The van der Waals surface area contributed by atoms with Gasteiger partial charge in [-0.2, -0.15) is 0 Å². The number of halogens is 1. The van der Waals surface area contributed by atoms with Crippen LogP contribution < -0.4 is 5.73 Å². The van der Waals surface area contributed by atoms with Crippen molar-refractivity contribution >= 4 is 29.1 Å². The molecule has 0 spiro atoms. The molecule has 1 aromatic rings. The number of hydrogen-bond donors (Lipinski definition) is 1. The van der Waals surface area contributed by atoms with Crippen LogP contribution in [0.4, 0.5) is 5.69 Å². The first kappa shape index (κ1) is 10.6. The van der Waals surface area contributed by atoms with E-state index in [-0.39, 0.29) is 5.28 Å². The number of anilines is 1. The minimum atomic E-state index is 0.217. The molecule has 0 atom stereocenters. The molecular weight excluding hydrogens is 210 g/mol. The number of methoxy groups -OCH3 is 1. The first-order valence-electron chi connectivity index (χ1n) is 3.64. The maximum absolute atomic E-state index is 5.63. The van der Waals surface area contributed by atoms with Crippen LogP contribution in [0.1, 0.15) is 0 Å². The van der Waals surface area contributed by atoms with Gasteiger partial charge in [0, 0.05) is 12.9 Å². The Labute approximate surface area is 85.8 Å². The molecule has 0 amide bonds. The summed E-state index contributed by atoms with van der Waals surface area (Å²) >= 11 is 7.11. The molecule has 0 bridgehead atoms. The third-order valence-electron chi connectivity index (χ3n) is 1.28. The lowest BCUT2D eigenvalue weighted by Gasteiger charge is -2.02. The van der Waals surface area contributed by atoms with Gasteiger partial charge >= 0.3 is 0 Å². The summed E-state index contributed by atoms with van der Waals surface area (Å²) in [7, 11) is 1.65. The number of ether oxygens (including phenoxy) is 1. The largest absolute Gasteiger partial charge is 0.395 e. The summed E-state index contributed by atoms with van der Waals surface area (Å²) in [6, 6.07) is 0. The minimum absolute atomic E-state index is 0.217. The number of nitrogens with two attached hydrogens (primary N) is 1. The van der Waals surface area contributed by atoms with Crippen molar-refractivity contribution in [3.05, 3.63) is 11.5 Å². The molecule has 0 radical (unpaired) electrons. The molecule has 0 saturated heterocycles. The predicted molar refractivity (Wildman–Crippen MR) is 54.1 cm³/mol. The summed E-state index contributed by atoms with van der Waals surface area (Å²) in [5.74, 6) is 0.800. The molecule has 6 heteroatoms. The van der Waals surface area contributed by atoms with E-state index >= 15 is 0 Å². The van der Waals surface area contributed by atoms with Gasteiger partial charge in [0.15, 0.2) is 0 Å². The Kier molecular flexibility index (Phi) is 4.27. The van der Waals surface area contributed by atoms with E-state index in [4.69, 9.17) is 22.1 Å². The fourth-order valence-corrected chi connectivity index (χ4v) is 1.69. The van der Waals surface area contributed by atoms with E-state index in [9.17, 15) is 0 Å². The number of nitrogens with zero attached hydrogens (tertiary/aromatic N) is 2. The molecule has 1 heterocycles. The van der Waals surface area contributed by atoms with E-state index in [0.717, 1.165) is 5.75 Å². The third-order valence-corrected chi connectivity index (χ3v) is 2.43. The molecular formula is C7H10ClN3OS. The maximum atomic E-state index is 5.63. The predicted octanol–water partition coefficient (Wildman–Crippen LogP) is 1.45. The van der Waals surface area contributed by atoms with Crippen LogP contribution in [0.2, 0.25) is 5.28 Å². The van der Waals surface area contributed by atoms with Crippen LogP contribution in [0, 0.1) is 0 Å². The number of nitrogen functional groups attached to an aromatic ring is 1. The van der Waals surface area contributed by atoms with Gasteiger partial charge in [-0.05, 0) is 11.6 Å². The van der Waals surface area contributed by atoms with Gasteiger partial charge in [-0.15, -0.1) is 11.8 Å². The normalized spacial score (nSPS) is 10.3. The number of thioether (sulfide) groups is 1. The summed E-state index contributed by atoms with van der Waals surface area (Å²) in [6.45, 7) is 0.658.